The van der Waals surface area contributed by atoms with Crippen molar-refractivity contribution in [3.63, 3.8) is 0 Å². The van der Waals surface area contributed by atoms with Gasteiger partial charge < -0.3 is 10.1 Å². The van der Waals surface area contributed by atoms with E-state index in [2.05, 4.69) is 5.32 Å². The molecule has 0 aliphatic carbocycles. The van der Waals surface area contributed by atoms with E-state index in [0.29, 0.717) is 12.1 Å². The molecule has 21 heavy (non-hydrogen) atoms. The summed E-state index contributed by atoms with van der Waals surface area (Å²) in [6, 6.07) is 4.36. The SMILES string of the molecule is COCc1ccc(C(=O)NCC(C)(C)C)cc1S(=O)(=O)Cl. The zero-order chi connectivity index (χ0) is 16.3. The fraction of sp³-hybridized carbons (Fsp3) is 0.500. The van der Waals surface area contributed by atoms with Gasteiger partial charge in [0.25, 0.3) is 15.0 Å². The number of methoxy groups -OCH3 is 1. The second-order valence-corrected chi connectivity index (χ2v) is 8.47. The monoisotopic (exact) mass is 333 g/mol. The van der Waals surface area contributed by atoms with Gasteiger partial charge in [0.2, 0.25) is 0 Å². The third kappa shape index (κ3) is 5.65. The molecular formula is C14H20ClNO4S. The third-order valence-corrected chi connectivity index (χ3v) is 4.08. The molecule has 0 spiro atoms. The Bertz CT molecular complexity index is 620. The van der Waals surface area contributed by atoms with Gasteiger partial charge in [-0.15, -0.1) is 0 Å². The highest BCUT2D eigenvalue weighted by Crippen LogP contribution is 2.22. The lowest BCUT2D eigenvalue weighted by Gasteiger charge is -2.19. The van der Waals surface area contributed by atoms with Crippen molar-refractivity contribution in [3.8, 4) is 0 Å². The summed E-state index contributed by atoms with van der Waals surface area (Å²) in [7, 11) is 2.92. The summed E-state index contributed by atoms with van der Waals surface area (Å²) in [5.74, 6) is -0.338. The molecule has 1 N–H and O–H groups in total. The van der Waals surface area contributed by atoms with E-state index < -0.39 is 9.05 Å². The number of nitrogens with one attached hydrogen (secondary N) is 1. The van der Waals surface area contributed by atoms with Gasteiger partial charge in [-0.1, -0.05) is 26.8 Å². The number of carbonyl (C=O) groups is 1. The molecule has 1 rings (SSSR count). The van der Waals surface area contributed by atoms with Crippen LogP contribution in [0.15, 0.2) is 23.1 Å². The van der Waals surface area contributed by atoms with Crippen LogP contribution in [0.3, 0.4) is 0 Å². The second kappa shape index (κ2) is 6.77. The molecule has 0 fully saturated rings. The number of ether oxygens (including phenoxy) is 1. The highest BCUT2D eigenvalue weighted by Gasteiger charge is 2.19. The van der Waals surface area contributed by atoms with E-state index in [1.807, 2.05) is 20.8 Å². The number of hydrogen-bond donors (Lipinski definition) is 1. The van der Waals surface area contributed by atoms with Crippen molar-refractivity contribution >= 4 is 25.6 Å². The Morgan fingerprint density at radius 3 is 2.43 bits per heavy atom. The van der Waals surface area contributed by atoms with Gasteiger partial charge in [0.05, 0.1) is 11.5 Å². The van der Waals surface area contributed by atoms with Crippen LogP contribution >= 0.6 is 10.7 Å². The van der Waals surface area contributed by atoms with Crippen LogP contribution in [0.5, 0.6) is 0 Å². The lowest BCUT2D eigenvalue weighted by atomic mass is 9.97. The zero-order valence-electron chi connectivity index (χ0n) is 12.6. The van der Waals surface area contributed by atoms with Gasteiger partial charge in [0.15, 0.2) is 0 Å². The zero-order valence-corrected chi connectivity index (χ0v) is 14.1. The molecule has 5 nitrogen and oxygen atoms in total. The summed E-state index contributed by atoms with van der Waals surface area (Å²) >= 11 is 0. The molecule has 0 atom stereocenters. The molecule has 0 saturated carbocycles. The van der Waals surface area contributed by atoms with Crippen molar-refractivity contribution in [3.05, 3.63) is 29.3 Å². The van der Waals surface area contributed by atoms with E-state index in [4.69, 9.17) is 15.4 Å². The van der Waals surface area contributed by atoms with Crippen molar-refractivity contribution in [2.75, 3.05) is 13.7 Å². The van der Waals surface area contributed by atoms with Crippen molar-refractivity contribution in [2.24, 2.45) is 5.41 Å². The highest BCUT2D eigenvalue weighted by atomic mass is 35.7. The molecule has 0 saturated heterocycles. The fourth-order valence-corrected chi connectivity index (χ4v) is 2.78. The first kappa shape index (κ1) is 17.9. The van der Waals surface area contributed by atoms with Crippen LogP contribution in [0.25, 0.3) is 0 Å². The molecule has 0 bridgehead atoms. The van der Waals surface area contributed by atoms with Gasteiger partial charge in [-0.25, -0.2) is 8.42 Å². The smallest absolute Gasteiger partial charge is 0.261 e. The molecule has 0 aliphatic rings. The normalized spacial score (nSPS) is 12.2. The van der Waals surface area contributed by atoms with Crippen LogP contribution < -0.4 is 5.32 Å². The molecule has 1 aromatic rings. The van der Waals surface area contributed by atoms with E-state index in [0.717, 1.165) is 0 Å². The minimum absolute atomic E-state index is 0.0625. The summed E-state index contributed by atoms with van der Waals surface area (Å²) in [4.78, 5) is 12.0. The maximum Gasteiger partial charge on any atom is 0.261 e. The van der Waals surface area contributed by atoms with E-state index >= 15 is 0 Å². The third-order valence-electron chi connectivity index (χ3n) is 2.67. The molecule has 1 aromatic carbocycles. The highest BCUT2D eigenvalue weighted by molar-refractivity contribution is 8.13. The van der Waals surface area contributed by atoms with E-state index in [1.54, 1.807) is 6.07 Å². The van der Waals surface area contributed by atoms with Crippen LogP contribution in [-0.4, -0.2) is 28.0 Å². The lowest BCUT2D eigenvalue weighted by Crippen LogP contribution is -2.32. The van der Waals surface area contributed by atoms with E-state index in [-0.39, 0.29) is 28.4 Å². The number of benzene rings is 1. The van der Waals surface area contributed by atoms with Crippen molar-refractivity contribution in [1.29, 1.82) is 0 Å². The Morgan fingerprint density at radius 2 is 1.95 bits per heavy atom. The molecule has 0 radical (unpaired) electrons. The van der Waals surface area contributed by atoms with Crippen LogP contribution in [0.1, 0.15) is 36.7 Å². The predicted molar refractivity (Wildman–Crippen MR) is 82.0 cm³/mol. The van der Waals surface area contributed by atoms with Crippen LogP contribution in [0.2, 0.25) is 0 Å². The molecular weight excluding hydrogens is 314 g/mol. The Hall–Kier alpha value is -1.11. The maximum atomic E-state index is 12.1. The number of halogens is 1. The summed E-state index contributed by atoms with van der Waals surface area (Å²) in [5.41, 5.74) is 0.603. The molecule has 0 unspecified atom stereocenters. The first-order chi connectivity index (χ1) is 9.54. The van der Waals surface area contributed by atoms with Crippen LogP contribution in [0, 0.1) is 5.41 Å². The van der Waals surface area contributed by atoms with Crippen LogP contribution in [-0.2, 0) is 20.4 Å². The van der Waals surface area contributed by atoms with Gasteiger partial charge in [0, 0.05) is 29.9 Å². The molecule has 7 heteroatoms. The molecule has 1 amide bonds. The minimum Gasteiger partial charge on any atom is -0.380 e. The number of rotatable bonds is 5. The largest absolute Gasteiger partial charge is 0.380 e. The van der Waals surface area contributed by atoms with Gasteiger partial charge in [0.1, 0.15) is 0 Å². The Labute approximate surface area is 130 Å². The van der Waals surface area contributed by atoms with Crippen molar-refractivity contribution < 1.29 is 17.9 Å². The number of hydrogen-bond acceptors (Lipinski definition) is 4. The average molecular weight is 334 g/mol. The molecule has 118 valence electrons. The van der Waals surface area contributed by atoms with Gasteiger partial charge in [-0.2, -0.15) is 0 Å². The van der Waals surface area contributed by atoms with Crippen LogP contribution in [0.4, 0.5) is 0 Å². The van der Waals surface area contributed by atoms with Crippen molar-refractivity contribution in [2.45, 2.75) is 32.3 Å². The first-order valence-corrected chi connectivity index (χ1v) is 8.70. The Morgan fingerprint density at radius 1 is 1.33 bits per heavy atom. The topological polar surface area (TPSA) is 72.5 Å². The fourth-order valence-electron chi connectivity index (χ4n) is 1.65. The molecule has 0 aliphatic heterocycles. The predicted octanol–water partition coefficient (Wildman–Crippen LogP) is 2.54. The number of amides is 1. The summed E-state index contributed by atoms with van der Waals surface area (Å²) in [6.45, 7) is 6.55. The summed E-state index contributed by atoms with van der Waals surface area (Å²) in [5, 5.41) is 2.76. The Balaban J connectivity index is 3.08. The number of carbonyl (C=O) groups excluding carboxylic acids is 1. The Kier molecular flexibility index (Phi) is 5.78. The second-order valence-electron chi connectivity index (χ2n) is 5.94. The van der Waals surface area contributed by atoms with Gasteiger partial charge in [-0.3, -0.25) is 4.79 Å². The first-order valence-electron chi connectivity index (χ1n) is 6.39. The summed E-state index contributed by atoms with van der Waals surface area (Å²) in [6.07, 6.45) is 0. The van der Waals surface area contributed by atoms with Crippen molar-refractivity contribution in [1.82, 2.24) is 5.32 Å². The van der Waals surface area contributed by atoms with Gasteiger partial charge >= 0.3 is 0 Å². The molecule has 0 aromatic heterocycles. The minimum atomic E-state index is -3.94. The van der Waals surface area contributed by atoms with Gasteiger partial charge in [-0.05, 0) is 23.1 Å². The quantitative estimate of drug-likeness (QED) is 0.840. The standard InChI is InChI=1S/C14H20ClNO4S/c1-14(2,3)9-16-13(17)10-5-6-11(8-20-4)12(7-10)21(15,18)19/h5-7H,8-9H2,1-4H3,(H,16,17). The average Bonchev–Trinajstić information content (AvgIpc) is 2.34. The molecule has 0 heterocycles. The lowest BCUT2D eigenvalue weighted by molar-refractivity contribution is 0.0939. The summed E-state index contributed by atoms with van der Waals surface area (Å²) < 4.78 is 28.1. The van der Waals surface area contributed by atoms with E-state index in [9.17, 15) is 13.2 Å². The van der Waals surface area contributed by atoms with E-state index in [1.165, 1.54) is 19.2 Å². The maximum absolute atomic E-state index is 12.1.